The topological polar surface area (TPSA) is 29.1 Å². The molecule has 1 saturated carbocycles. The summed E-state index contributed by atoms with van der Waals surface area (Å²) >= 11 is 9.55. The van der Waals surface area contributed by atoms with Crippen LogP contribution in [0, 0.1) is 5.92 Å². The van der Waals surface area contributed by atoms with Gasteiger partial charge in [0.05, 0.1) is 11.1 Å². The number of carbonyl (C=O) groups excluding carboxylic acids is 1. The minimum Gasteiger partial charge on any atom is -0.345 e. The third-order valence-electron chi connectivity index (χ3n) is 3.98. The van der Waals surface area contributed by atoms with E-state index in [0.717, 1.165) is 36.1 Å². The maximum absolute atomic E-state index is 12.4. The first kappa shape index (κ1) is 14.9. The average Bonchev–Trinajstić information content (AvgIpc) is 2.42. The molecule has 0 unspecified atom stereocenters. The van der Waals surface area contributed by atoms with Crippen LogP contribution < -0.4 is 5.32 Å². The van der Waals surface area contributed by atoms with Crippen LogP contribution in [0.5, 0.6) is 0 Å². The van der Waals surface area contributed by atoms with Crippen molar-refractivity contribution in [3.05, 3.63) is 34.3 Å². The summed E-state index contributed by atoms with van der Waals surface area (Å²) in [4.78, 5) is 12.4. The van der Waals surface area contributed by atoms with E-state index in [1.807, 2.05) is 24.3 Å². The highest BCUT2D eigenvalue weighted by molar-refractivity contribution is 9.10. The molecule has 2 rings (SSSR count). The summed E-state index contributed by atoms with van der Waals surface area (Å²) in [5.74, 6) is 1.18. The van der Waals surface area contributed by atoms with Crippen molar-refractivity contribution in [2.24, 2.45) is 5.92 Å². The monoisotopic (exact) mass is 343 g/mol. The zero-order valence-corrected chi connectivity index (χ0v) is 13.4. The van der Waals surface area contributed by atoms with Gasteiger partial charge in [-0.25, -0.2) is 0 Å². The van der Waals surface area contributed by atoms with E-state index < -0.39 is 0 Å². The minimum absolute atomic E-state index is 0.0392. The Morgan fingerprint density at radius 2 is 2.05 bits per heavy atom. The molecule has 4 heteroatoms. The number of carbonyl (C=O) groups is 1. The highest BCUT2D eigenvalue weighted by Gasteiger charge is 2.35. The van der Waals surface area contributed by atoms with Gasteiger partial charge in [-0.1, -0.05) is 19.1 Å². The number of alkyl halides is 1. The van der Waals surface area contributed by atoms with Crippen LogP contribution in [0.4, 0.5) is 0 Å². The first-order chi connectivity index (χ1) is 9.06. The van der Waals surface area contributed by atoms with Gasteiger partial charge in [-0.3, -0.25) is 4.79 Å². The van der Waals surface area contributed by atoms with Crippen LogP contribution in [0.25, 0.3) is 0 Å². The maximum Gasteiger partial charge on any atom is 0.252 e. The predicted octanol–water partition coefficient (Wildman–Crippen LogP) is 4.37. The van der Waals surface area contributed by atoms with Crippen molar-refractivity contribution in [1.29, 1.82) is 0 Å². The Hall–Kier alpha value is -0.540. The molecule has 0 spiro atoms. The lowest BCUT2D eigenvalue weighted by Crippen LogP contribution is -2.52. The molecule has 0 atom stereocenters. The number of hydrogen-bond acceptors (Lipinski definition) is 1. The van der Waals surface area contributed by atoms with Crippen molar-refractivity contribution in [3.8, 4) is 0 Å². The van der Waals surface area contributed by atoms with Gasteiger partial charge >= 0.3 is 0 Å². The lowest BCUT2D eigenvalue weighted by atomic mass is 9.78. The van der Waals surface area contributed by atoms with Gasteiger partial charge in [0.15, 0.2) is 0 Å². The Morgan fingerprint density at radius 1 is 1.42 bits per heavy atom. The highest BCUT2D eigenvalue weighted by atomic mass is 79.9. The van der Waals surface area contributed by atoms with Crippen LogP contribution >= 0.6 is 27.5 Å². The van der Waals surface area contributed by atoms with Crippen LogP contribution in [0.2, 0.25) is 0 Å². The number of rotatable bonds is 3. The Bertz CT molecular complexity index is 455. The minimum atomic E-state index is -0.236. The second-order valence-electron chi connectivity index (χ2n) is 5.53. The molecule has 0 radical (unpaired) electrons. The smallest absolute Gasteiger partial charge is 0.252 e. The molecule has 0 heterocycles. The molecule has 0 aromatic heterocycles. The van der Waals surface area contributed by atoms with Crippen LogP contribution in [0.15, 0.2) is 28.7 Å². The number of halogens is 2. The molecule has 104 valence electrons. The van der Waals surface area contributed by atoms with Crippen molar-refractivity contribution < 1.29 is 4.79 Å². The van der Waals surface area contributed by atoms with E-state index in [1.54, 1.807) is 0 Å². The number of nitrogens with one attached hydrogen (secondary N) is 1. The van der Waals surface area contributed by atoms with E-state index in [2.05, 4.69) is 28.2 Å². The Morgan fingerprint density at radius 3 is 2.63 bits per heavy atom. The first-order valence-electron chi connectivity index (χ1n) is 6.69. The number of amides is 1. The summed E-state index contributed by atoms with van der Waals surface area (Å²) < 4.78 is 0.821. The van der Waals surface area contributed by atoms with Crippen molar-refractivity contribution in [2.75, 3.05) is 5.88 Å². The van der Waals surface area contributed by atoms with Crippen LogP contribution in [-0.2, 0) is 0 Å². The molecule has 19 heavy (non-hydrogen) atoms. The van der Waals surface area contributed by atoms with Gasteiger partial charge < -0.3 is 5.32 Å². The van der Waals surface area contributed by atoms with E-state index in [1.165, 1.54) is 0 Å². The van der Waals surface area contributed by atoms with E-state index in [0.29, 0.717) is 11.4 Å². The van der Waals surface area contributed by atoms with Crippen molar-refractivity contribution in [2.45, 2.75) is 38.1 Å². The zero-order valence-electron chi connectivity index (χ0n) is 11.1. The fraction of sp³-hybridized carbons (Fsp3) is 0.533. The number of hydrogen-bond donors (Lipinski definition) is 1. The van der Waals surface area contributed by atoms with Gasteiger partial charge in [0.1, 0.15) is 0 Å². The van der Waals surface area contributed by atoms with E-state index in [-0.39, 0.29) is 11.4 Å². The average molecular weight is 345 g/mol. The van der Waals surface area contributed by atoms with Crippen LogP contribution in [0.1, 0.15) is 43.0 Å². The second-order valence-corrected chi connectivity index (χ2v) is 6.65. The molecule has 1 aromatic carbocycles. The van der Waals surface area contributed by atoms with Gasteiger partial charge in [0.25, 0.3) is 5.91 Å². The van der Waals surface area contributed by atoms with E-state index in [9.17, 15) is 4.79 Å². The molecule has 0 bridgehead atoms. The summed E-state index contributed by atoms with van der Waals surface area (Å²) in [6.45, 7) is 2.26. The lowest BCUT2D eigenvalue weighted by molar-refractivity contribution is 0.0871. The molecule has 1 fully saturated rings. The molecule has 1 amide bonds. The largest absolute Gasteiger partial charge is 0.345 e. The summed E-state index contributed by atoms with van der Waals surface area (Å²) in [6.07, 6.45) is 4.19. The van der Waals surface area contributed by atoms with E-state index in [4.69, 9.17) is 11.6 Å². The van der Waals surface area contributed by atoms with Gasteiger partial charge in [0, 0.05) is 10.4 Å². The Labute approximate surface area is 128 Å². The van der Waals surface area contributed by atoms with Crippen molar-refractivity contribution in [3.63, 3.8) is 0 Å². The summed E-state index contributed by atoms with van der Waals surface area (Å²) in [6, 6.07) is 7.48. The highest BCUT2D eigenvalue weighted by Crippen LogP contribution is 2.33. The summed E-state index contributed by atoms with van der Waals surface area (Å²) in [7, 11) is 0. The standard InChI is InChI=1S/C15H19BrClNO/c1-11-6-8-15(10-17,9-7-11)18-14(19)12-4-2-3-5-13(12)16/h2-5,11H,6-10H2,1H3,(H,18,19). The molecule has 1 aliphatic carbocycles. The fourth-order valence-electron chi connectivity index (χ4n) is 2.56. The lowest BCUT2D eigenvalue weighted by Gasteiger charge is -2.38. The number of benzene rings is 1. The predicted molar refractivity (Wildman–Crippen MR) is 82.7 cm³/mol. The Balaban J connectivity index is 2.11. The third kappa shape index (κ3) is 3.51. The molecular weight excluding hydrogens is 326 g/mol. The van der Waals surface area contributed by atoms with Crippen molar-refractivity contribution >= 4 is 33.4 Å². The summed E-state index contributed by atoms with van der Waals surface area (Å²) in [5.41, 5.74) is 0.436. The third-order valence-corrected chi connectivity index (χ3v) is 5.19. The molecule has 1 aliphatic rings. The molecule has 1 aromatic rings. The first-order valence-corrected chi connectivity index (χ1v) is 8.02. The molecule has 1 N–H and O–H groups in total. The van der Waals surface area contributed by atoms with Crippen LogP contribution in [-0.4, -0.2) is 17.3 Å². The van der Waals surface area contributed by atoms with Gasteiger partial charge in [-0.2, -0.15) is 0 Å². The molecule has 0 aliphatic heterocycles. The molecular formula is C15H19BrClNO. The second kappa shape index (κ2) is 6.27. The molecule has 2 nitrogen and oxygen atoms in total. The van der Waals surface area contributed by atoms with Crippen molar-refractivity contribution in [1.82, 2.24) is 5.32 Å². The normalized spacial score (nSPS) is 27.0. The fourth-order valence-corrected chi connectivity index (χ4v) is 3.36. The van der Waals surface area contributed by atoms with Gasteiger partial charge in [0.2, 0.25) is 0 Å². The molecule has 0 saturated heterocycles. The Kier molecular flexibility index (Phi) is 4.91. The van der Waals surface area contributed by atoms with Gasteiger partial charge in [-0.15, -0.1) is 11.6 Å². The quantitative estimate of drug-likeness (QED) is 0.811. The maximum atomic E-state index is 12.4. The van der Waals surface area contributed by atoms with Gasteiger partial charge in [-0.05, 0) is 59.7 Å². The summed E-state index contributed by atoms with van der Waals surface area (Å²) in [5, 5.41) is 3.16. The van der Waals surface area contributed by atoms with E-state index >= 15 is 0 Å². The van der Waals surface area contributed by atoms with Crippen LogP contribution in [0.3, 0.4) is 0 Å². The zero-order chi connectivity index (χ0) is 13.9. The SMILES string of the molecule is CC1CCC(CCl)(NC(=O)c2ccccc2Br)CC1.